The Labute approximate surface area is 234 Å². The van der Waals surface area contributed by atoms with Crippen molar-refractivity contribution in [2.75, 3.05) is 18.0 Å². The molecule has 1 heterocycles. The maximum atomic E-state index is 12.2. The van der Waals surface area contributed by atoms with Crippen LogP contribution in [0.2, 0.25) is 0 Å². The quantitative estimate of drug-likeness (QED) is 0.197. The summed E-state index contributed by atoms with van der Waals surface area (Å²) in [5, 5.41) is 17.8. The molecular weight excluding hydrogens is 496 g/mol. The van der Waals surface area contributed by atoms with Crippen molar-refractivity contribution in [1.29, 1.82) is 0 Å². The van der Waals surface area contributed by atoms with Gasteiger partial charge < -0.3 is 5.11 Å². The van der Waals surface area contributed by atoms with E-state index < -0.39 is 6.09 Å². The van der Waals surface area contributed by atoms with Crippen LogP contribution in [-0.4, -0.2) is 39.4 Å². The van der Waals surface area contributed by atoms with Gasteiger partial charge in [-0.2, -0.15) is 5.10 Å². The van der Waals surface area contributed by atoms with Crippen molar-refractivity contribution in [1.82, 2.24) is 15.1 Å². The standard InChI is InChI=1S/C34H32N4O2/c39-34(40)38(21-9-20-37(23-25-10-3-1-4-11-25)24-26-12-5-2-6-13-26)29-18-16-27(17-19-29)32-31-22-28-14-7-8-15-30(28)33(31)36-35-32/h1-8,10-19H,9,20-24H2,(H,35,36)(H,39,40). The topological polar surface area (TPSA) is 72.5 Å². The molecule has 4 aromatic carbocycles. The van der Waals surface area contributed by atoms with Gasteiger partial charge in [0.1, 0.15) is 0 Å². The van der Waals surface area contributed by atoms with E-state index in [0.717, 1.165) is 49.4 Å². The number of nitrogens with zero attached hydrogens (tertiary/aromatic N) is 3. The zero-order valence-corrected chi connectivity index (χ0v) is 22.3. The van der Waals surface area contributed by atoms with Crippen LogP contribution >= 0.6 is 0 Å². The van der Waals surface area contributed by atoms with Gasteiger partial charge in [-0.1, -0.05) is 97.1 Å². The SMILES string of the molecule is O=C(O)N(CCCN(Cc1ccccc1)Cc1ccccc1)c1ccc(-c2n[nH]c3c2Cc2ccccc2-3)cc1. The molecule has 0 aliphatic heterocycles. The van der Waals surface area contributed by atoms with Crippen molar-refractivity contribution in [3.05, 3.63) is 131 Å². The first-order valence-electron chi connectivity index (χ1n) is 13.7. The Morgan fingerprint density at radius 1 is 0.775 bits per heavy atom. The van der Waals surface area contributed by atoms with E-state index >= 15 is 0 Å². The fourth-order valence-corrected chi connectivity index (χ4v) is 5.59. The number of carbonyl (C=O) groups is 1. The highest BCUT2D eigenvalue weighted by atomic mass is 16.4. The maximum absolute atomic E-state index is 12.2. The van der Waals surface area contributed by atoms with Crippen LogP contribution in [-0.2, 0) is 19.5 Å². The van der Waals surface area contributed by atoms with Gasteiger partial charge in [0.25, 0.3) is 0 Å². The van der Waals surface area contributed by atoms with Crippen molar-refractivity contribution in [3.8, 4) is 22.5 Å². The lowest BCUT2D eigenvalue weighted by Crippen LogP contribution is -2.33. The van der Waals surface area contributed by atoms with E-state index in [1.54, 1.807) is 0 Å². The number of aromatic nitrogens is 2. The summed E-state index contributed by atoms with van der Waals surface area (Å²) in [6, 6.07) is 36.9. The van der Waals surface area contributed by atoms with Gasteiger partial charge in [-0.05, 0) is 35.2 Å². The molecule has 0 spiro atoms. The molecular formula is C34H32N4O2. The Morgan fingerprint density at radius 2 is 1.40 bits per heavy atom. The lowest BCUT2D eigenvalue weighted by molar-refractivity contribution is 0.200. The van der Waals surface area contributed by atoms with Crippen molar-refractivity contribution in [2.45, 2.75) is 25.9 Å². The zero-order chi connectivity index (χ0) is 27.3. The fourth-order valence-electron chi connectivity index (χ4n) is 5.59. The van der Waals surface area contributed by atoms with Crippen molar-refractivity contribution in [2.24, 2.45) is 0 Å². The van der Waals surface area contributed by atoms with Gasteiger partial charge in [0.2, 0.25) is 0 Å². The zero-order valence-electron chi connectivity index (χ0n) is 22.3. The van der Waals surface area contributed by atoms with Gasteiger partial charge in [0.15, 0.2) is 0 Å². The summed E-state index contributed by atoms with van der Waals surface area (Å²) in [5.41, 5.74) is 9.86. The van der Waals surface area contributed by atoms with Crippen LogP contribution in [0.3, 0.4) is 0 Å². The minimum atomic E-state index is -0.943. The number of anilines is 1. The average Bonchev–Trinajstić information content (AvgIpc) is 3.56. The van der Waals surface area contributed by atoms with E-state index in [0.29, 0.717) is 12.2 Å². The average molecular weight is 529 g/mol. The minimum absolute atomic E-state index is 0.419. The predicted molar refractivity (Wildman–Crippen MR) is 159 cm³/mol. The molecule has 0 fully saturated rings. The first-order valence-corrected chi connectivity index (χ1v) is 13.7. The highest BCUT2D eigenvalue weighted by Gasteiger charge is 2.25. The van der Waals surface area contributed by atoms with Gasteiger partial charge in [0, 0.05) is 55.0 Å². The van der Waals surface area contributed by atoms with Crippen LogP contribution in [0.1, 0.15) is 28.7 Å². The third kappa shape index (κ3) is 5.53. The molecule has 6 heteroatoms. The Morgan fingerprint density at radius 3 is 2.05 bits per heavy atom. The summed E-state index contributed by atoms with van der Waals surface area (Å²) in [5.74, 6) is 0. The number of rotatable bonds is 10. The Balaban J connectivity index is 1.13. The number of aromatic amines is 1. The maximum Gasteiger partial charge on any atom is 0.411 e. The lowest BCUT2D eigenvalue weighted by Gasteiger charge is -2.25. The van der Waals surface area contributed by atoms with E-state index in [-0.39, 0.29) is 0 Å². The summed E-state index contributed by atoms with van der Waals surface area (Å²) in [4.78, 5) is 16.1. The second-order valence-corrected chi connectivity index (χ2v) is 10.3. The molecule has 0 bridgehead atoms. The van der Waals surface area contributed by atoms with E-state index in [9.17, 15) is 9.90 Å². The normalized spacial score (nSPS) is 11.8. The van der Waals surface area contributed by atoms with Gasteiger partial charge in [-0.15, -0.1) is 0 Å². The number of hydrogen-bond acceptors (Lipinski definition) is 3. The largest absolute Gasteiger partial charge is 0.465 e. The number of carboxylic acid groups (broad SMARTS) is 1. The van der Waals surface area contributed by atoms with Crippen LogP contribution in [0.4, 0.5) is 10.5 Å². The predicted octanol–water partition coefficient (Wildman–Crippen LogP) is 7.22. The first kappa shape index (κ1) is 25.6. The molecule has 0 radical (unpaired) electrons. The minimum Gasteiger partial charge on any atom is -0.465 e. The number of fused-ring (bicyclic) bond motifs is 3. The van der Waals surface area contributed by atoms with Gasteiger partial charge in [-0.3, -0.25) is 14.9 Å². The van der Waals surface area contributed by atoms with E-state index in [1.165, 1.54) is 32.7 Å². The molecule has 1 amide bonds. The first-order chi connectivity index (χ1) is 19.7. The highest BCUT2D eigenvalue weighted by molar-refractivity contribution is 5.87. The van der Waals surface area contributed by atoms with Crippen molar-refractivity contribution < 1.29 is 9.90 Å². The number of hydrogen-bond donors (Lipinski definition) is 2. The summed E-state index contributed by atoms with van der Waals surface area (Å²) in [6.45, 7) is 2.83. The molecule has 200 valence electrons. The Hall–Kier alpha value is -4.68. The molecule has 0 atom stereocenters. The number of amides is 1. The third-order valence-electron chi connectivity index (χ3n) is 7.56. The smallest absolute Gasteiger partial charge is 0.411 e. The summed E-state index contributed by atoms with van der Waals surface area (Å²) >= 11 is 0. The number of nitrogens with one attached hydrogen (secondary N) is 1. The molecule has 0 saturated carbocycles. The van der Waals surface area contributed by atoms with E-state index in [2.05, 4.69) is 81.8 Å². The van der Waals surface area contributed by atoms with Crippen LogP contribution in [0, 0.1) is 0 Å². The highest BCUT2D eigenvalue weighted by Crippen LogP contribution is 2.40. The molecule has 5 aromatic rings. The summed E-state index contributed by atoms with van der Waals surface area (Å²) < 4.78 is 0. The number of benzene rings is 4. The third-order valence-corrected chi connectivity index (χ3v) is 7.56. The molecule has 6 rings (SSSR count). The van der Waals surface area contributed by atoms with E-state index in [1.807, 2.05) is 42.5 Å². The summed E-state index contributed by atoms with van der Waals surface area (Å²) in [6.07, 6.45) is 0.628. The molecule has 40 heavy (non-hydrogen) atoms. The van der Waals surface area contributed by atoms with Gasteiger partial charge in [0.05, 0.1) is 11.4 Å². The molecule has 0 saturated heterocycles. The van der Waals surface area contributed by atoms with Crippen molar-refractivity contribution >= 4 is 11.8 Å². The fraction of sp³-hybridized carbons (Fsp3) is 0.176. The second kappa shape index (κ2) is 11.6. The van der Waals surface area contributed by atoms with Crippen LogP contribution < -0.4 is 4.90 Å². The lowest BCUT2D eigenvalue weighted by atomic mass is 10.0. The second-order valence-electron chi connectivity index (χ2n) is 10.3. The molecule has 1 aliphatic rings. The molecule has 1 aromatic heterocycles. The number of H-pyrrole nitrogens is 1. The molecule has 0 unspecified atom stereocenters. The van der Waals surface area contributed by atoms with Crippen LogP contribution in [0.25, 0.3) is 22.5 Å². The van der Waals surface area contributed by atoms with Crippen LogP contribution in [0.5, 0.6) is 0 Å². The molecule has 1 aliphatic carbocycles. The van der Waals surface area contributed by atoms with E-state index in [4.69, 9.17) is 0 Å². The van der Waals surface area contributed by atoms with Gasteiger partial charge in [-0.25, -0.2) is 4.79 Å². The monoisotopic (exact) mass is 528 g/mol. The Kier molecular flexibility index (Phi) is 7.42. The van der Waals surface area contributed by atoms with Gasteiger partial charge >= 0.3 is 6.09 Å². The Bertz CT molecular complexity index is 1540. The van der Waals surface area contributed by atoms with Crippen LogP contribution in [0.15, 0.2) is 109 Å². The molecule has 2 N–H and O–H groups in total. The van der Waals surface area contributed by atoms with Crippen molar-refractivity contribution in [3.63, 3.8) is 0 Å². The summed E-state index contributed by atoms with van der Waals surface area (Å²) in [7, 11) is 0. The molecule has 6 nitrogen and oxygen atoms in total.